The van der Waals surface area contributed by atoms with Crippen LogP contribution in [0.25, 0.3) is 0 Å². The van der Waals surface area contributed by atoms with Gasteiger partial charge in [0.05, 0.1) is 0 Å². The minimum absolute atomic E-state index is 0.187. The Hall–Kier alpha value is -0.980. The van der Waals surface area contributed by atoms with Gasteiger partial charge in [-0.2, -0.15) is 0 Å². The summed E-state index contributed by atoms with van der Waals surface area (Å²) in [5, 5.41) is 0. The molecule has 3 N–H and O–H groups in total. The van der Waals surface area contributed by atoms with Crippen molar-refractivity contribution in [2.75, 3.05) is 6.54 Å². The molecule has 1 aliphatic rings. The molecule has 0 atom stereocenters. The predicted octanol–water partition coefficient (Wildman–Crippen LogP) is 1.75. The second-order valence-electron chi connectivity index (χ2n) is 4.97. The highest BCUT2D eigenvalue weighted by atomic mass is 32.2. The van der Waals surface area contributed by atoms with E-state index in [4.69, 9.17) is 5.73 Å². The summed E-state index contributed by atoms with van der Waals surface area (Å²) in [6.45, 7) is 0.577. The third-order valence-corrected chi connectivity index (χ3v) is 5.02. The van der Waals surface area contributed by atoms with Gasteiger partial charge >= 0.3 is 0 Å². The van der Waals surface area contributed by atoms with E-state index in [-0.39, 0.29) is 11.4 Å². The number of sulfonamides is 1. The highest BCUT2D eigenvalue weighted by molar-refractivity contribution is 7.89. The number of hydrogen-bond donors (Lipinski definition) is 2. The van der Waals surface area contributed by atoms with Gasteiger partial charge in [-0.25, -0.2) is 17.5 Å². The molecule has 0 aliphatic heterocycles. The second-order valence-corrected chi connectivity index (χ2v) is 6.71. The number of benzene rings is 1. The van der Waals surface area contributed by atoms with E-state index in [0.29, 0.717) is 18.0 Å². The lowest BCUT2D eigenvalue weighted by Gasteiger charge is -2.12. The SMILES string of the molecule is NCc1ccc(S(=O)(=O)NCC2CCCC2)c(F)c1. The fourth-order valence-electron chi connectivity index (χ4n) is 2.41. The second kappa shape index (κ2) is 5.98. The van der Waals surface area contributed by atoms with Crippen LogP contribution in [0.2, 0.25) is 0 Å². The molecule has 1 aliphatic carbocycles. The lowest BCUT2D eigenvalue weighted by molar-refractivity contribution is 0.513. The average molecular weight is 286 g/mol. The van der Waals surface area contributed by atoms with E-state index >= 15 is 0 Å². The molecule has 0 radical (unpaired) electrons. The molecule has 0 amide bonds. The summed E-state index contributed by atoms with van der Waals surface area (Å²) in [6.07, 6.45) is 4.37. The van der Waals surface area contributed by atoms with Crippen molar-refractivity contribution >= 4 is 10.0 Å². The third-order valence-electron chi connectivity index (χ3n) is 3.56. The summed E-state index contributed by atoms with van der Waals surface area (Å²) in [5.41, 5.74) is 5.96. The molecule has 0 saturated heterocycles. The van der Waals surface area contributed by atoms with Gasteiger partial charge in [0.25, 0.3) is 0 Å². The van der Waals surface area contributed by atoms with Crippen LogP contribution in [0.3, 0.4) is 0 Å². The van der Waals surface area contributed by atoms with Crippen molar-refractivity contribution in [3.63, 3.8) is 0 Å². The van der Waals surface area contributed by atoms with Gasteiger partial charge in [-0.05, 0) is 36.5 Å². The Balaban J connectivity index is 2.10. The van der Waals surface area contributed by atoms with E-state index in [1.54, 1.807) is 0 Å². The zero-order valence-electron chi connectivity index (χ0n) is 10.7. The lowest BCUT2D eigenvalue weighted by Crippen LogP contribution is -2.29. The van der Waals surface area contributed by atoms with E-state index in [1.807, 2.05) is 0 Å². The van der Waals surface area contributed by atoms with Crippen molar-refractivity contribution in [3.05, 3.63) is 29.6 Å². The number of rotatable bonds is 5. The highest BCUT2D eigenvalue weighted by Crippen LogP contribution is 2.24. The molecule has 1 aromatic carbocycles. The molecular formula is C13H19FN2O2S. The largest absolute Gasteiger partial charge is 0.326 e. The third kappa shape index (κ3) is 3.52. The van der Waals surface area contributed by atoms with Crippen molar-refractivity contribution < 1.29 is 12.8 Å². The Morgan fingerprint density at radius 1 is 1.32 bits per heavy atom. The van der Waals surface area contributed by atoms with Gasteiger partial charge in [0.1, 0.15) is 10.7 Å². The molecule has 0 aromatic heterocycles. The normalized spacial score (nSPS) is 16.9. The summed E-state index contributed by atoms with van der Waals surface area (Å²) >= 11 is 0. The molecule has 1 saturated carbocycles. The van der Waals surface area contributed by atoms with E-state index in [9.17, 15) is 12.8 Å². The molecule has 0 spiro atoms. The molecule has 0 unspecified atom stereocenters. The molecule has 6 heteroatoms. The van der Waals surface area contributed by atoms with Crippen molar-refractivity contribution in [2.45, 2.75) is 37.1 Å². The fraction of sp³-hybridized carbons (Fsp3) is 0.538. The van der Waals surface area contributed by atoms with Gasteiger partial charge in [0.2, 0.25) is 10.0 Å². The van der Waals surface area contributed by atoms with Crippen LogP contribution in [-0.2, 0) is 16.6 Å². The maximum Gasteiger partial charge on any atom is 0.243 e. The standard InChI is InChI=1S/C13H19FN2O2S/c14-12-7-11(8-15)5-6-13(12)19(17,18)16-9-10-3-1-2-4-10/h5-7,10,16H,1-4,8-9,15H2. The van der Waals surface area contributed by atoms with E-state index in [2.05, 4.69) is 4.72 Å². The van der Waals surface area contributed by atoms with Crippen LogP contribution in [0, 0.1) is 11.7 Å². The first-order valence-corrected chi connectivity index (χ1v) is 7.99. The van der Waals surface area contributed by atoms with E-state index in [1.165, 1.54) is 18.2 Å². The highest BCUT2D eigenvalue weighted by Gasteiger charge is 2.22. The predicted molar refractivity (Wildman–Crippen MR) is 71.4 cm³/mol. The number of nitrogens with two attached hydrogens (primary N) is 1. The van der Waals surface area contributed by atoms with Gasteiger partial charge in [0.15, 0.2) is 0 Å². The van der Waals surface area contributed by atoms with Gasteiger partial charge < -0.3 is 5.73 Å². The molecule has 0 bridgehead atoms. The lowest BCUT2D eigenvalue weighted by atomic mass is 10.1. The Labute approximate surface area is 113 Å². The van der Waals surface area contributed by atoms with Crippen LogP contribution in [0.4, 0.5) is 4.39 Å². The molecule has 4 nitrogen and oxygen atoms in total. The first kappa shape index (κ1) is 14.4. The first-order chi connectivity index (χ1) is 9.03. The maximum absolute atomic E-state index is 13.8. The molecule has 106 valence electrons. The molecule has 19 heavy (non-hydrogen) atoms. The summed E-state index contributed by atoms with van der Waals surface area (Å²) < 4.78 is 40.3. The minimum Gasteiger partial charge on any atom is -0.326 e. The average Bonchev–Trinajstić information content (AvgIpc) is 2.89. The number of hydrogen-bond acceptors (Lipinski definition) is 3. The summed E-state index contributed by atoms with van der Waals surface area (Å²) in [4.78, 5) is -0.303. The summed E-state index contributed by atoms with van der Waals surface area (Å²) in [6, 6.07) is 3.98. The van der Waals surface area contributed by atoms with Crippen LogP contribution >= 0.6 is 0 Å². The Bertz CT molecular complexity index is 540. The van der Waals surface area contributed by atoms with Crippen LogP contribution in [-0.4, -0.2) is 15.0 Å². The monoisotopic (exact) mass is 286 g/mol. The zero-order chi connectivity index (χ0) is 13.9. The van der Waals surface area contributed by atoms with Crippen LogP contribution in [0.1, 0.15) is 31.2 Å². The molecule has 1 fully saturated rings. The number of nitrogens with one attached hydrogen (secondary N) is 1. The van der Waals surface area contributed by atoms with E-state index < -0.39 is 15.8 Å². The van der Waals surface area contributed by atoms with Crippen LogP contribution in [0.15, 0.2) is 23.1 Å². The van der Waals surface area contributed by atoms with Crippen LogP contribution in [0.5, 0.6) is 0 Å². The van der Waals surface area contributed by atoms with Gasteiger partial charge in [-0.3, -0.25) is 0 Å². The van der Waals surface area contributed by atoms with Crippen LogP contribution < -0.4 is 10.5 Å². The molecule has 0 heterocycles. The van der Waals surface area contributed by atoms with Crippen molar-refractivity contribution in [1.82, 2.24) is 4.72 Å². The van der Waals surface area contributed by atoms with Crippen molar-refractivity contribution in [2.24, 2.45) is 11.7 Å². The van der Waals surface area contributed by atoms with E-state index in [0.717, 1.165) is 25.7 Å². The quantitative estimate of drug-likeness (QED) is 0.866. The smallest absolute Gasteiger partial charge is 0.243 e. The Kier molecular flexibility index (Phi) is 4.54. The van der Waals surface area contributed by atoms with Gasteiger partial charge in [-0.15, -0.1) is 0 Å². The minimum atomic E-state index is -3.77. The topological polar surface area (TPSA) is 72.2 Å². The van der Waals surface area contributed by atoms with Crippen molar-refractivity contribution in [1.29, 1.82) is 0 Å². The summed E-state index contributed by atoms with van der Waals surface area (Å²) in [7, 11) is -3.77. The maximum atomic E-state index is 13.8. The zero-order valence-corrected chi connectivity index (χ0v) is 11.5. The molecular weight excluding hydrogens is 267 g/mol. The summed E-state index contributed by atoms with van der Waals surface area (Å²) in [5.74, 6) is -0.372. The van der Waals surface area contributed by atoms with Crippen molar-refractivity contribution in [3.8, 4) is 0 Å². The molecule has 1 aromatic rings. The fourth-order valence-corrected chi connectivity index (χ4v) is 3.58. The first-order valence-electron chi connectivity index (χ1n) is 6.51. The molecule has 2 rings (SSSR count). The van der Waals surface area contributed by atoms with Gasteiger partial charge in [0, 0.05) is 13.1 Å². The Morgan fingerprint density at radius 2 is 2.00 bits per heavy atom. The Morgan fingerprint density at radius 3 is 2.58 bits per heavy atom. The number of halogens is 1. The van der Waals surface area contributed by atoms with Gasteiger partial charge in [-0.1, -0.05) is 18.9 Å².